The average molecular weight is 193 g/mol. The third kappa shape index (κ3) is 2.22. The number of ketones is 1. The van der Waals surface area contributed by atoms with Crippen LogP contribution in [-0.4, -0.2) is 34.3 Å². The zero-order valence-corrected chi connectivity index (χ0v) is 8.98. The lowest BCUT2D eigenvalue weighted by atomic mass is 10.2. The Morgan fingerprint density at radius 3 is 2.64 bits per heavy atom. The van der Waals surface area contributed by atoms with E-state index in [0.29, 0.717) is 5.69 Å². The third-order valence-corrected chi connectivity index (χ3v) is 1.99. The van der Waals surface area contributed by atoms with Crippen LogP contribution < -0.4 is 0 Å². The van der Waals surface area contributed by atoms with E-state index in [1.807, 2.05) is 37.5 Å². The SMILES string of the molecule is Cc1c(C(=O)C=CN(C)C)ncn1C. The van der Waals surface area contributed by atoms with Gasteiger partial charge in [0.1, 0.15) is 5.69 Å². The van der Waals surface area contributed by atoms with Gasteiger partial charge >= 0.3 is 0 Å². The van der Waals surface area contributed by atoms with Gasteiger partial charge in [0.25, 0.3) is 0 Å². The number of carbonyl (C=O) groups excluding carboxylic acids is 1. The van der Waals surface area contributed by atoms with Crippen LogP contribution >= 0.6 is 0 Å². The van der Waals surface area contributed by atoms with Crippen molar-refractivity contribution in [2.24, 2.45) is 7.05 Å². The van der Waals surface area contributed by atoms with Crippen LogP contribution in [-0.2, 0) is 7.05 Å². The van der Waals surface area contributed by atoms with E-state index < -0.39 is 0 Å². The van der Waals surface area contributed by atoms with Crippen molar-refractivity contribution in [1.29, 1.82) is 0 Å². The van der Waals surface area contributed by atoms with Crippen molar-refractivity contribution in [2.45, 2.75) is 6.92 Å². The van der Waals surface area contributed by atoms with Crippen LogP contribution in [0.25, 0.3) is 0 Å². The first-order valence-electron chi connectivity index (χ1n) is 4.39. The maximum Gasteiger partial charge on any atom is 0.207 e. The summed E-state index contributed by atoms with van der Waals surface area (Å²) in [4.78, 5) is 17.4. The van der Waals surface area contributed by atoms with Crippen molar-refractivity contribution in [2.75, 3.05) is 14.1 Å². The second kappa shape index (κ2) is 4.09. The molecular weight excluding hydrogens is 178 g/mol. The molecule has 0 unspecified atom stereocenters. The van der Waals surface area contributed by atoms with Gasteiger partial charge in [-0.1, -0.05) is 0 Å². The van der Waals surface area contributed by atoms with E-state index in [-0.39, 0.29) is 5.78 Å². The molecule has 0 fully saturated rings. The van der Waals surface area contributed by atoms with Crippen LogP contribution in [0.2, 0.25) is 0 Å². The third-order valence-electron chi connectivity index (χ3n) is 1.99. The van der Waals surface area contributed by atoms with Gasteiger partial charge in [0.15, 0.2) is 0 Å². The summed E-state index contributed by atoms with van der Waals surface area (Å²) >= 11 is 0. The second-order valence-corrected chi connectivity index (χ2v) is 3.43. The fourth-order valence-electron chi connectivity index (χ4n) is 1.03. The van der Waals surface area contributed by atoms with Gasteiger partial charge in [-0.3, -0.25) is 4.79 Å². The Labute approximate surface area is 83.9 Å². The molecule has 0 amide bonds. The van der Waals surface area contributed by atoms with Crippen LogP contribution in [0.5, 0.6) is 0 Å². The highest BCUT2D eigenvalue weighted by Crippen LogP contribution is 2.05. The molecule has 0 radical (unpaired) electrons. The molecule has 0 aliphatic heterocycles. The van der Waals surface area contributed by atoms with Crippen LogP contribution in [0.4, 0.5) is 0 Å². The Balaban J connectivity index is 2.85. The molecule has 1 aromatic heterocycles. The van der Waals surface area contributed by atoms with Gasteiger partial charge in [0.2, 0.25) is 5.78 Å². The predicted molar refractivity (Wildman–Crippen MR) is 55.1 cm³/mol. The first kappa shape index (κ1) is 10.5. The van der Waals surface area contributed by atoms with Crippen LogP contribution in [0, 0.1) is 6.92 Å². The van der Waals surface area contributed by atoms with E-state index in [4.69, 9.17) is 0 Å². The highest BCUT2D eigenvalue weighted by Gasteiger charge is 2.09. The normalized spacial score (nSPS) is 10.9. The lowest BCUT2D eigenvalue weighted by Gasteiger charge is -2.02. The molecule has 1 aromatic rings. The molecule has 0 N–H and O–H groups in total. The van der Waals surface area contributed by atoms with Gasteiger partial charge in [-0.15, -0.1) is 0 Å². The summed E-state index contributed by atoms with van der Waals surface area (Å²) in [5.74, 6) is -0.0585. The van der Waals surface area contributed by atoms with E-state index in [9.17, 15) is 4.79 Å². The zero-order valence-electron chi connectivity index (χ0n) is 8.98. The van der Waals surface area contributed by atoms with E-state index in [0.717, 1.165) is 5.69 Å². The minimum Gasteiger partial charge on any atom is -0.383 e. The molecule has 0 saturated heterocycles. The number of aryl methyl sites for hydroxylation is 1. The number of rotatable bonds is 3. The number of hydrogen-bond acceptors (Lipinski definition) is 3. The van der Waals surface area contributed by atoms with Crippen molar-refractivity contribution >= 4 is 5.78 Å². The summed E-state index contributed by atoms with van der Waals surface area (Å²) in [5.41, 5.74) is 1.41. The summed E-state index contributed by atoms with van der Waals surface area (Å²) < 4.78 is 1.83. The van der Waals surface area contributed by atoms with Gasteiger partial charge in [0.05, 0.1) is 6.33 Å². The van der Waals surface area contributed by atoms with E-state index >= 15 is 0 Å². The highest BCUT2D eigenvalue weighted by atomic mass is 16.1. The molecule has 0 aromatic carbocycles. The second-order valence-electron chi connectivity index (χ2n) is 3.43. The Kier molecular flexibility index (Phi) is 3.06. The summed E-state index contributed by atoms with van der Waals surface area (Å²) in [7, 11) is 5.61. The largest absolute Gasteiger partial charge is 0.383 e. The minimum atomic E-state index is -0.0585. The monoisotopic (exact) mass is 193 g/mol. The molecule has 4 nitrogen and oxygen atoms in total. The Morgan fingerprint density at radius 1 is 1.57 bits per heavy atom. The molecule has 76 valence electrons. The summed E-state index contributed by atoms with van der Waals surface area (Å²) in [6, 6.07) is 0. The van der Waals surface area contributed by atoms with Gasteiger partial charge in [-0.2, -0.15) is 0 Å². The molecule has 0 aliphatic carbocycles. The predicted octanol–water partition coefficient (Wildman–Crippen LogP) is 0.987. The number of hydrogen-bond donors (Lipinski definition) is 0. The van der Waals surface area contributed by atoms with E-state index in [2.05, 4.69) is 4.98 Å². The molecule has 0 spiro atoms. The molecule has 14 heavy (non-hydrogen) atoms. The lowest BCUT2D eigenvalue weighted by Crippen LogP contribution is -2.04. The summed E-state index contributed by atoms with van der Waals surface area (Å²) in [5, 5.41) is 0. The first-order valence-corrected chi connectivity index (χ1v) is 4.39. The van der Waals surface area contributed by atoms with Gasteiger partial charge in [0, 0.05) is 39.1 Å². The summed E-state index contributed by atoms with van der Waals surface area (Å²) in [6.45, 7) is 1.88. The number of nitrogens with zero attached hydrogens (tertiary/aromatic N) is 3. The number of allylic oxidation sites excluding steroid dienone is 1. The molecule has 1 rings (SSSR count). The average Bonchev–Trinajstić information content (AvgIpc) is 2.44. The smallest absolute Gasteiger partial charge is 0.207 e. The van der Waals surface area contributed by atoms with Gasteiger partial charge in [-0.05, 0) is 6.92 Å². The standard InChI is InChI=1S/C10H15N3O/c1-8-10(11-7-13(8)4)9(14)5-6-12(2)3/h5-7H,1-4H3. The quantitative estimate of drug-likeness (QED) is 0.530. The highest BCUT2D eigenvalue weighted by molar-refractivity contribution is 6.03. The molecule has 0 atom stereocenters. The van der Waals surface area contributed by atoms with Crippen molar-refractivity contribution in [3.63, 3.8) is 0 Å². The molecule has 0 saturated carbocycles. The fourth-order valence-corrected chi connectivity index (χ4v) is 1.03. The van der Waals surface area contributed by atoms with Crippen molar-refractivity contribution in [3.05, 3.63) is 30.0 Å². The minimum absolute atomic E-state index is 0.0585. The van der Waals surface area contributed by atoms with Gasteiger partial charge < -0.3 is 9.47 Å². The summed E-state index contributed by atoms with van der Waals surface area (Å²) in [6.07, 6.45) is 4.89. The number of aromatic nitrogens is 2. The topological polar surface area (TPSA) is 38.1 Å². The van der Waals surface area contributed by atoms with Crippen LogP contribution in [0.3, 0.4) is 0 Å². The number of imidazole rings is 1. The van der Waals surface area contributed by atoms with Crippen molar-refractivity contribution in [1.82, 2.24) is 14.5 Å². The first-order chi connectivity index (χ1) is 6.52. The molecule has 4 heteroatoms. The van der Waals surface area contributed by atoms with Crippen LogP contribution in [0.15, 0.2) is 18.6 Å². The lowest BCUT2D eigenvalue weighted by molar-refractivity contribution is 0.104. The molecule has 0 bridgehead atoms. The fraction of sp³-hybridized carbons (Fsp3) is 0.400. The Morgan fingerprint density at radius 2 is 2.21 bits per heavy atom. The van der Waals surface area contributed by atoms with E-state index in [1.54, 1.807) is 12.5 Å². The van der Waals surface area contributed by atoms with Crippen LogP contribution in [0.1, 0.15) is 16.2 Å². The Hall–Kier alpha value is -1.58. The van der Waals surface area contributed by atoms with Gasteiger partial charge in [-0.25, -0.2) is 4.98 Å². The Bertz CT molecular complexity index is 363. The van der Waals surface area contributed by atoms with Crippen molar-refractivity contribution in [3.8, 4) is 0 Å². The molecule has 1 heterocycles. The maximum absolute atomic E-state index is 11.6. The maximum atomic E-state index is 11.6. The molecular formula is C10H15N3O. The number of carbonyl (C=O) groups is 1. The van der Waals surface area contributed by atoms with Crippen molar-refractivity contribution < 1.29 is 4.79 Å². The molecule has 0 aliphatic rings. The zero-order chi connectivity index (χ0) is 10.7. The van der Waals surface area contributed by atoms with E-state index in [1.165, 1.54) is 6.08 Å².